The predicted molar refractivity (Wildman–Crippen MR) is 78.8 cm³/mol. The van der Waals surface area contributed by atoms with Crippen LogP contribution in [0.1, 0.15) is 31.2 Å². The van der Waals surface area contributed by atoms with Crippen molar-refractivity contribution in [2.24, 2.45) is 0 Å². The summed E-state index contributed by atoms with van der Waals surface area (Å²) in [6, 6.07) is 4.67. The van der Waals surface area contributed by atoms with Crippen LogP contribution in [-0.4, -0.2) is 26.8 Å². The maximum Gasteiger partial charge on any atom is 0.232 e. The molecule has 1 unspecified atom stereocenters. The zero-order valence-corrected chi connectivity index (χ0v) is 12.5. The molecule has 1 aliphatic rings. The van der Waals surface area contributed by atoms with E-state index < -0.39 is 15.8 Å². The zero-order chi connectivity index (χ0) is 14.6. The average molecular weight is 300 g/mol. The van der Waals surface area contributed by atoms with Crippen LogP contribution >= 0.6 is 0 Å². The smallest absolute Gasteiger partial charge is 0.232 e. The van der Waals surface area contributed by atoms with Crippen LogP contribution in [0.5, 0.6) is 0 Å². The predicted octanol–water partition coefficient (Wildman–Crippen LogP) is 2.41. The van der Waals surface area contributed by atoms with Crippen molar-refractivity contribution in [2.45, 2.75) is 38.6 Å². The molecule has 4 nitrogen and oxygen atoms in total. The summed E-state index contributed by atoms with van der Waals surface area (Å²) in [5.41, 5.74) is 0.647. The van der Waals surface area contributed by atoms with Gasteiger partial charge in [0.1, 0.15) is 5.82 Å². The maximum atomic E-state index is 13.4. The molecule has 0 amide bonds. The Morgan fingerprint density at radius 3 is 2.90 bits per heavy atom. The Balaban J connectivity index is 1.94. The second-order valence-electron chi connectivity index (χ2n) is 5.27. The van der Waals surface area contributed by atoms with Crippen molar-refractivity contribution in [3.63, 3.8) is 0 Å². The lowest BCUT2D eigenvalue weighted by molar-refractivity contribution is 0.393. The summed E-state index contributed by atoms with van der Waals surface area (Å²) in [5, 5.41) is 3.32. The highest BCUT2D eigenvalue weighted by Crippen LogP contribution is 2.19. The molecule has 1 aliphatic heterocycles. The van der Waals surface area contributed by atoms with Gasteiger partial charge in [0, 0.05) is 11.6 Å². The standard InChI is InChI=1S/C14H21FN2O2S/c1-11-13(15)6-4-7-14(11)17-20(18,19)10-8-12-5-2-3-9-16-12/h4,6-7,12,16-17H,2-3,5,8-10H2,1H3. The molecule has 6 heteroatoms. The van der Waals surface area contributed by atoms with Gasteiger partial charge >= 0.3 is 0 Å². The quantitative estimate of drug-likeness (QED) is 0.878. The first-order valence-corrected chi connectivity index (χ1v) is 8.62. The van der Waals surface area contributed by atoms with Crippen molar-refractivity contribution in [1.82, 2.24) is 5.32 Å². The van der Waals surface area contributed by atoms with E-state index in [-0.39, 0.29) is 11.8 Å². The Hall–Kier alpha value is -1.14. The molecular formula is C14H21FN2O2S. The topological polar surface area (TPSA) is 58.2 Å². The summed E-state index contributed by atoms with van der Waals surface area (Å²) < 4.78 is 39.9. The molecule has 0 radical (unpaired) electrons. The van der Waals surface area contributed by atoms with E-state index in [0.717, 1.165) is 25.8 Å². The molecule has 1 aromatic carbocycles. The van der Waals surface area contributed by atoms with Crippen LogP contribution in [0.4, 0.5) is 10.1 Å². The lowest BCUT2D eigenvalue weighted by Gasteiger charge is -2.23. The van der Waals surface area contributed by atoms with Crippen molar-refractivity contribution < 1.29 is 12.8 Å². The summed E-state index contributed by atoms with van der Waals surface area (Å²) in [5.74, 6) is -0.347. The third kappa shape index (κ3) is 4.18. The average Bonchev–Trinajstić information content (AvgIpc) is 2.43. The van der Waals surface area contributed by atoms with Crippen LogP contribution in [0.3, 0.4) is 0 Å². The normalized spacial score (nSPS) is 19.8. The van der Waals surface area contributed by atoms with E-state index >= 15 is 0 Å². The maximum absolute atomic E-state index is 13.4. The summed E-state index contributed by atoms with van der Waals surface area (Å²) in [6.07, 6.45) is 3.91. The molecule has 1 saturated heterocycles. The highest BCUT2D eigenvalue weighted by molar-refractivity contribution is 7.92. The van der Waals surface area contributed by atoms with Crippen molar-refractivity contribution in [1.29, 1.82) is 0 Å². The highest BCUT2D eigenvalue weighted by atomic mass is 32.2. The first-order chi connectivity index (χ1) is 9.48. The number of halogens is 1. The van der Waals surface area contributed by atoms with E-state index in [1.807, 2.05) is 0 Å². The molecular weight excluding hydrogens is 279 g/mol. The van der Waals surface area contributed by atoms with Gasteiger partial charge in [0.25, 0.3) is 0 Å². The van der Waals surface area contributed by atoms with Crippen LogP contribution in [-0.2, 0) is 10.0 Å². The second kappa shape index (κ2) is 6.54. The Kier molecular flexibility index (Phi) is 4.99. The van der Waals surface area contributed by atoms with Crippen LogP contribution in [0.2, 0.25) is 0 Å². The minimum Gasteiger partial charge on any atom is -0.314 e. The monoisotopic (exact) mass is 300 g/mol. The molecule has 0 saturated carbocycles. The lowest BCUT2D eigenvalue weighted by atomic mass is 10.0. The molecule has 1 heterocycles. The molecule has 0 spiro atoms. The Morgan fingerprint density at radius 2 is 2.20 bits per heavy atom. The van der Waals surface area contributed by atoms with E-state index in [1.54, 1.807) is 13.0 Å². The lowest BCUT2D eigenvalue weighted by Crippen LogP contribution is -2.36. The minimum atomic E-state index is -3.43. The van der Waals surface area contributed by atoms with Gasteiger partial charge in [-0.25, -0.2) is 12.8 Å². The first kappa shape index (κ1) is 15.3. The fourth-order valence-electron chi connectivity index (χ4n) is 2.40. The number of nitrogens with one attached hydrogen (secondary N) is 2. The molecule has 0 aliphatic carbocycles. The van der Waals surface area contributed by atoms with Crippen LogP contribution < -0.4 is 10.0 Å². The van der Waals surface area contributed by atoms with Crippen LogP contribution in [0.25, 0.3) is 0 Å². The molecule has 0 bridgehead atoms. The van der Waals surface area contributed by atoms with E-state index in [9.17, 15) is 12.8 Å². The Bertz CT molecular complexity index is 554. The number of piperidine rings is 1. The van der Waals surface area contributed by atoms with Gasteiger partial charge in [-0.3, -0.25) is 4.72 Å². The van der Waals surface area contributed by atoms with Crippen molar-refractivity contribution in [3.05, 3.63) is 29.6 Å². The zero-order valence-electron chi connectivity index (χ0n) is 11.7. The van der Waals surface area contributed by atoms with Crippen molar-refractivity contribution in [3.8, 4) is 0 Å². The van der Waals surface area contributed by atoms with E-state index in [4.69, 9.17) is 0 Å². The number of sulfonamides is 1. The van der Waals surface area contributed by atoms with E-state index in [1.165, 1.54) is 12.1 Å². The van der Waals surface area contributed by atoms with Gasteiger partial charge in [0.2, 0.25) is 10.0 Å². The molecule has 2 N–H and O–H groups in total. The summed E-state index contributed by atoms with van der Waals surface area (Å²) >= 11 is 0. The Morgan fingerprint density at radius 1 is 1.40 bits per heavy atom. The van der Waals surface area contributed by atoms with Gasteiger partial charge in [-0.05, 0) is 44.9 Å². The van der Waals surface area contributed by atoms with Gasteiger partial charge < -0.3 is 5.32 Å². The van der Waals surface area contributed by atoms with Gasteiger partial charge in [0.05, 0.1) is 11.4 Å². The highest BCUT2D eigenvalue weighted by Gasteiger charge is 2.18. The van der Waals surface area contributed by atoms with Gasteiger partial charge in [-0.2, -0.15) is 0 Å². The number of hydrogen-bond donors (Lipinski definition) is 2. The molecule has 1 fully saturated rings. The third-order valence-electron chi connectivity index (χ3n) is 3.68. The largest absolute Gasteiger partial charge is 0.314 e. The van der Waals surface area contributed by atoms with Gasteiger partial charge in [-0.1, -0.05) is 12.5 Å². The molecule has 112 valence electrons. The SMILES string of the molecule is Cc1c(F)cccc1NS(=O)(=O)CCC1CCCCN1. The fourth-order valence-corrected chi connectivity index (χ4v) is 3.66. The fraction of sp³-hybridized carbons (Fsp3) is 0.571. The van der Waals surface area contributed by atoms with Crippen molar-refractivity contribution in [2.75, 3.05) is 17.0 Å². The van der Waals surface area contributed by atoms with Crippen LogP contribution in [0.15, 0.2) is 18.2 Å². The molecule has 1 atom stereocenters. The Labute approximate surface area is 119 Å². The van der Waals surface area contributed by atoms with Gasteiger partial charge in [0.15, 0.2) is 0 Å². The van der Waals surface area contributed by atoms with E-state index in [0.29, 0.717) is 17.7 Å². The van der Waals surface area contributed by atoms with Crippen LogP contribution in [0, 0.1) is 12.7 Å². The minimum absolute atomic E-state index is 0.0562. The molecule has 0 aromatic heterocycles. The molecule has 1 aromatic rings. The van der Waals surface area contributed by atoms with E-state index in [2.05, 4.69) is 10.0 Å². The molecule has 20 heavy (non-hydrogen) atoms. The van der Waals surface area contributed by atoms with Crippen molar-refractivity contribution >= 4 is 15.7 Å². The van der Waals surface area contributed by atoms with Gasteiger partial charge in [-0.15, -0.1) is 0 Å². The summed E-state index contributed by atoms with van der Waals surface area (Å²) in [7, 11) is -3.43. The summed E-state index contributed by atoms with van der Waals surface area (Å²) in [4.78, 5) is 0. The molecule has 2 rings (SSSR count). The number of rotatable bonds is 5. The number of anilines is 1. The third-order valence-corrected chi connectivity index (χ3v) is 4.98. The number of hydrogen-bond acceptors (Lipinski definition) is 3. The summed E-state index contributed by atoms with van der Waals surface area (Å²) in [6.45, 7) is 2.52. The second-order valence-corrected chi connectivity index (χ2v) is 7.11. The first-order valence-electron chi connectivity index (χ1n) is 6.97. The number of benzene rings is 1.